The van der Waals surface area contributed by atoms with Crippen LogP contribution in [0.1, 0.15) is 6.92 Å². The number of piperazine rings is 1. The second kappa shape index (κ2) is 9.55. The summed E-state index contributed by atoms with van der Waals surface area (Å²) in [6, 6.07) is 15.9. The molecule has 2 aromatic carbocycles. The highest BCUT2D eigenvalue weighted by Gasteiger charge is 2.22. The van der Waals surface area contributed by atoms with Crippen molar-refractivity contribution in [3.63, 3.8) is 0 Å². The summed E-state index contributed by atoms with van der Waals surface area (Å²) in [7, 11) is 1.65. The van der Waals surface area contributed by atoms with Gasteiger partial charge >= 0.3 is 0 Å². The van der Waals surface area contributed by atoms with Crippen LogP contribution in [-0.2, 0) is 4.79 Å². The van der Waals surface area contributed by atoms with Crippen LogP contribution in [0.4, 0.5) is 5.69 Å². The summed E-state index contributed by atoms with van der Waals surface area (Å²) in [5.74, 6) is 2.39. The maximum atomic E-state index is 12.5. The number of thioether (sulfide) groups is 1. The number of methoxy groups -OCH3 is 1. The van der Waals surface area contributed by atoms with E-state index in [2.05, 4.69) is 11.0 Å². The number of hydrogen-bond acceptors (Lipinski definition) is 5. The van der Waals surface area contributed by atoms with Crippen LogP contribution in [-0.4, -0.2) is 56.5 Å². The molecule has 0 saturated carbocycles. The van der Waals surface area contributed by atoms with Crippen LogP contribution in [0.25, 0.3) is 0 Å². The minimum atomic E-state index is 0.188. The molecule has 0 atom stereocenters. The van der Waals surface area contributed by atoms with Crippen molar-refractivity contribution in [1.82, 2.24) is 4.90 Å². The van der Waals surface area contributed by atoms with E-state index in [0.717, 1.165) is 48.3 Å². The number of ether oxygens (including phenoxy) is 2. The minimum Gasteiger partial charge on any atom is -0.497 e. The average Bonchev–Trinajstić information content (AvgIpc) is 2.73. The summed E-state index contributed by atoms with van der Waals surface area (Å²) in [6.45, 7) is 5.77. The van der Waals surface area contributed by atoms with Gasteiger partial charge in [0.15, 0.2) is 0 Å². The van der Waals surface area contributed by atoms with Crippen molar-refractivity contribution >= 4 is 23.4 Å². The first-order valence-electron chi connectivity index (χ1n) is 9.22. The first-order valence-corrected chi connectivity index (χ1v) is 10.2. The van der Waals surface area contributed by atoms with Gasteiger partial charge in [-0.25, -0.2) is 0 Å². The largest absolute Gasteiger partial charge is 0.497 e. The molecule has 6 heteroatoms. The quantitative estimate of drug-likeness (QED) is 0.681. The van der Waals surface area contributed by atoms with Crippen LogP contribution in [0, 0.1) is 0 Å². The van der Waals surface area contributed by atoms with E-state index in [-0.39, 0.29) is 5.91 Å². The van der Waals surface area contributed by atoms with Crippen molar-refractivity contribution in [3.8, 4) is 11.5 Å². The van der Waals surface area contributed by atoms with Crippen LogP contribution in [0.2, 0.25) is 0 Å². The predicted octanol–water partition coefficient (Wildman–Crippen LogP) is 3.53. The summed E-state index contributed by atoms with van der Waals surface area (Å²) in [5.41, 5.74) is 1.11. The molecule has 3 rings (SSSR count). The fourth-order valence-electron chi connectivity index (χ4n) is 3.10. The van der Waals surface area contributed by atoms with Gasteiger partial charge < -0.3 is 19.3 Å². The van der Waals surface area contributed by atoms with E-state index < -0.39 is 0 Å². The zero-order valence-electron chi connectivity index (χ0n) is 15.9. The molecule has 144 valence electrons. The van der Waals surface area contributed by atoms with Crippen LogP contribution >= 0.6 is 11.8 Å². The highest BCUT2D eigenvalue weighted by molar-refractivity contribution is 8.00. The zero-order valence-corrected chi connectivity index (χ0v) is 16.7. The molecule has 0 spiro atoms. The number of rotatable bonds is 7. The molecule has 1 fully saturated rings. The molecule has 27 heavy (non-hydrogen) atoms. The lowest BCUT2D eigenvalue weighted by Gasteiger charge is -2.36. The van der Waals surface area contributed by atoms with Gasteiger partial charge in [-0.05, 0) is 43.3 Å². The lowest BCUT2D eigenvalue weighted by molar-refractivity contribution is -0.128. The Labute approximate surface area is 165 Å². The summed E-state index contributed by atoms with van der Waals surface area (Å²) in [6.07, 6.45) is 0. The van der Waals surface area contributed by atoms with Crippen molar-refractivity contribution in [3.05, 3.63) is 48.5 Å². The van der Waals surface area contributed by atoms with Gasteiger partial charge in [0.1, 0.15) is 11.5 Å². The Balaban J connectivity index is 1.50. The number of para-hydroxylation sites is 2. The molecule has 0 aliphatic carbocycles. The van der Waals surface area contributed by atoms with Gasteiger partial charge in [0.05, 0.1) is 25.2 Å². The van der Waals surface area contributed by atoms with Gasteiger partial charge in [0, 0.05) is 31.1 Å². The van der Waals surface area contributed by atoms with Gasteiger partial charge in [-0.15, -0.1) is 11.8 Å². The van der Waals surface area contributed by atoms with Crippen molar-refractivity contribution in [2.24, 2.45) is 0 Å². The fourth-order valence-corrected chi connectivity index (χ4v) is 3.90. The lowest BCUT2D eigenvalue weighted by atomic mass is 10.2. The Morgan fingerprint density at radius 1 is 1.04 bits per heavy atom. The van der Waals surface area contributed by atoms with Gasteiger partial charge in [0.25, 0.3) is 0 Å². The highest BCUT2D eigenvalue weighted by atomic mass is 32.2. The first-order chi connectivity index (χ1) is 13.2. The minimum absolute atomic E-state index is 0.188. The van der Waals surface area contributed by atoms with E-state index in [4.69, 9.17) is 9.47 Å². The van der Waals surface area contributed by atoms with E-state index in [1.807, 2.05) is 54.3 Å². The van der Waals surface area contributed by atoms with Gasteiger partial charge in [-0.1, -0.05) is 12.1 Å². The molecule has 1 amide bonds. The number of benzene rings is 2. The zero-order chi connectivity index (χ0) is 19.1. The number of carbonyl (C=O) groups excluding carboxylic acids is 1. The van der Waals surface area contributed by atoms with Gasteiger partial charge in [-0.3, -0.25) is 4.79 Å². The molecule has 5 nitrogen and oxygen atoms in total. The van der Waals surface area contributed by atoms with Crippen molar-refractivity contribution in [2.45, 2.75) is 11.8 Å². The Morgan fingerprint density at radius 2 is 1.74 bits per heavy atom. The summed E-state index contributed by atoms with van der Waals surface area (Å²) < 4.78 is 10.9. The number of carbonyl (C=O) groups is 1. The van der Waals surface area contributed by atoms with E-state index in [1.165, 1.54) is 0 Å². The third-order valence-electron chi connectivity index (χ3n) is 4.56. The molecule has 1 aliphatic rings. The van der Waals surface area contributed by atoms with Crippen LogP contribution in [0.3, 0.4) is 0 Å². The Morgan fingerprint density at radius 3 is 2.41 bits per heavy atom. The Kier molecular flexibility index (Phi) is 6.87. The maximum absolute atomic E-state index is 12.5. The molecule has 0 aromatic heterocycles. The predicted molar refractivity (Wildman–Crippen MR) is 110 cm³/mol. The highest BCUT2D eigenvalue weighted by Crippen LogP contribution is 2.29. The molecular weight excluding hydrogens is 360 g/mol. The molecule has 1 aliphatic heterocycles. The van der Waals surface area contributed by atoms with Crippen molar-refractivity contribution < 1.29 is 14.3 Å². The molecule has 0 unspecified atom stereocenters. The van der Waals surface area contributed by atoms with Crippen molar-refractivity contribution in [1.29, 1.82) is 0 Å². The summed E-state index contributed by atoms with van der Waals surface area (Å²) in [5, 5.41) is 0. The monoisotopic (exact) mass is 386 g/mol. The standard InChI is InChI=1S/C21H26N2O3S/c1-3-26-20-7-5-4-6-19(20)22-12-14-23(15-13-22)21(24)16-27-18-10-8-17(25-2)9-11-18/h4-11H,3,12-16H2,1-2H3. The molecule has 1 heterocycles. The van der Waals surface area contributed by atoms with Crippen molar-refractivity contribution in [2.75, 3.05) is 50.5 Å². The first kappa shape index (κ1) is 19.4. The van der Waals surface area contributed by atoms with Gasteiger partial charge in [-0.2, -0.15) is 0 Å². The smallest absolute Gasteiger partial charge is 0.233 e. The van der Waals surface area contributed by atoms with Gasteiger partial charge in [0.2, 0.25) is 5.91 Å². The summed E-state index contributed by atoms with van der Waals surface area (Å²) >= 11 is 1.57. The molecule has 0 N–H and O–H groups in total. The summed E-state index contributed by atoms with van der Waals surface area (Å²) in [4.78, 5) is 17.9. The fraction of sp³-hybridized carbons (Fsp3) is 0.381. The SMILES string of the molecule is CCOc1ccccc1N1CCN(C(=O)CSc2ccc(OC)cc2)CC1. The topological polar surface area (TPSA) is 42.0 Å². The van der Waals surface area contributed by atoms with E-state index >= 15 is 0 Å². The third-order valence-corrected chi connectivity index (χ3v) is 5.56. The molecule has 0 bridgehead atoms. The lowest BCUT2D eigenvalue weighted by Crippen LogP contribution is -2.49. The van der Waals surface area contributed by atoms with E-state index in [1.54, 1.807) is 18.9 Å². The average molecular weight is 387 g/mol. The second-order valence-corrected chi connectivity index (χ2v) is 7.28. The maximum Gasteiger partial charge on any atom is 0.233 e. The third kappa shape index (κ3) is 5.10. The number of nitrogens with zero attached hydrogens (tertiary/aromatic N) is 2. The Bertz CT molecular complexity index is 743. The van der Waals surface area contributed by atoms with Crippen LogP contribution < -0.4 is 14.4 Å². The van der Waals surface area contributed by atoms with Crippen LogP contribution in [0.5, 0.6) is 11.5 Å². The van der Waals surface area contributed by atoms with E-state index in [9.17, 15) is 4.79 Å². The molecular formula is C21H26N2O3S. The number of hydrogen-bond donors (Lipinski definition) is 0. The number of anilines is 1. The molecule has 0 radical (unpaired) electrons. The molecule has 1 saturated heterocycles. The van der Waals surface area contributed by atoms with E-state index in [0.29, 0.717) is 12.4 Å². The Hall–Kier alpha value is -2.34. The van der Waals surface area contributed by atoms with Crippen LogP contribution in [0.15, 0.2) is 53.4 Å². The normalized spacial score (nSPS) is 14.1. The second-order valence-electron chi connectivity index (χ2n) is 6.23. The number of amides is 1. The molecule has 2 aromatic rings.